The van der Waals surface area contributed by atoms with Crippen LogP contribution in [-0.4, -0.2) is 76.9 Å². The van der Waals surface area contributed by atoms with Crippen LogP contribution in [0.4, 0.5) is 0 Å². The molecule has 0 spiro atoms. The van der Waals surface area contributed by atoms with Crippen molar-refractivity contribution in [1.29, 1.82) is 0 Å². The molecule has 0 radical (unpaired) electrons. The Morgan fingerprint density at radius 3 is 2.16 bits per heavy atom. The summed E-state index contributed by atoms with van der Waals surface area (Å²) in [6.45, 7) is 6.12. The average molecular weight is 352 g/mol. The third-order valence-electron chi connectivity index (χ3n) is 4.04. The molecule has 0 saturated carbocycles. The van der Waals surface area contributed by atoms with E-state index < -0.39 is 6.23 Å². The molecular weight excluding hydrogens is 328 g/mol. The third kappa shape index (κ3) is 4.75. The van der Waals surface area contributed by atoms with Crippen molar-refractivity contribution in [2.75, 3.05) is 19.8 Å². The van der Waals surface area contributed by atoms with E-state index in [0.717, 1.165) is 4.90 Å². The standard InChI is InChI=1S/C17H24N2O6/c1-11(18-14(20)4-5-15(18)21)8-24-10-13(3)25-9-12(2)19-16(22)6-7-17(19)23/h4-7,11-13,16,22H,8-10H2,1-3H3. The van der Waals surface area contributed by atoms with Crippen LogP contribution in [0.5, 0.6) is 0 Å². The number of carbonyl (C=O) groups is 3. The highest BCUT2D eigenvalue weighted by Crippen LogP contribution is 2.14. The second-order valence-corrected chi connectivity index (χ2v) is 6.28. The van der Waals surface area contributed by atoms with Crippen LogP contribution in [0.2, 0.25) is 0 Å². The van der Waals surface area contributed by atoms with Crippen LogP contribution in [0.25, 0.3) is 0 Å². The maximum absolute atomic E-state index is 11.6. The zero-order chi connectivity index (χ0) is 18.6. The van der Waals surface area contributed by atoms with Crippen LogP contribution in [0.3, 0.4) is 0 Å². The van der Waals surface area contributed by atoms with E-state index in [1.165, 1.54) is 29.2 Å². The van der Waals surface area contributed by atoms with Gasteiger partial charge in [-0.3, -0.25) is 19.3 Å². The summed E-state index contributed by atoms with van der Waals surface area (Å²) in [6, 6.07) is -0.630. The minimum absolute atomic E-state index is 0.218. The number of hydrogen-bond donors (Lipinski definition) is 1. The second kappa shape index (κ2) is 8.37. The van der Waals surface area contributed by atoms with E-state index in [1.807, 2.05) is 6.92 Å². The lowest BCUT2D eigenvalue weighted by molar-refractivity contribution is -0.142. The summed E-state index contributed by atoms with van der Waals surface area (Å²) in [5, 5.41) is 9.72. The number of hydrogen-bond acceptors (Lipinski definition) is 6. The lowest BCUT2D eigenvalue weighted by atomic mass is 10.3. The van der Waals surface area contributed by atoms with Crippen molar-refractivity contribution < 1.29 is 29.0 Å². The zero-order valence-corrected chi connectivity index (χ0v) is 14.6. The minimum atomic E-state index is -0.914. The van der Waals surface area contributed by atoms with Crippen molar-refractivity contribution in [1.82, 2.24) is 9.80 Å². The van der Waals surface area contributed by atoms with Crippen LogP contribution in [0.15, 0.2) is 24.3 Å². The fourth-order valence-corrected chi connectivity index (χ4v) is 2.71. The zero-order valence-electron chi connectivity index (χ0n) is 14.6. The Morgan fingerprint density at radius 1 is 0.960 bits per heavy atom. The Labute approximate surface area is 146 Å². The van der Waals surface area contributed by atoms with Gasteiger partial charge in [-0.25, -0.2) is 0 Å². The molecule has 0 bridgehead atoms. The van der Waals surface area contributed by atoms with E-state index in [-0.39, 0.29) is 55.7 Å². The first-order valence-corrected chi connectivity index (χ1v) is 8.24. The molecule has 0 aromatic carbocycles. The molecule has 25 heavy (non-hydrogen) atoms. The first kappa shape index (κ1) is 19.3. The lowest BCUT2D eigenvalue weighted by Crippen LogP contribution is -2.44. The highest BCUT2D eigenvalue weighted by Gasteiger charge is 2.30. The van der Waals surface area contributed by atoms with Gasteiger partial charge in [-0.2, -0.15) is 0 Å². The third-order valence-corrected chi connectivity index (χ3v) is 4.04. The van der Waals surface area contributed by atoms with Gasteiger partial charge in [0.05, 0.1) is 38.0 Å². The fraction of sp³-hybridized carbons (Fsp3) is 0.588. The molecule has 0 aromatic rings. The number of carbonyl (C=O) groups excluding carboxylic acids is 3. The van der Waals surface area contributed by atoms with Crippen LogP contribution < -0.4 is 0 Å². The topological polar surface area (TPSA) is 96.4 Å². The van der Waals surface area contributed by atoms with E-state index in [4.69, 9.17) is 9.47 Å². The van der Waals surface area contributed by atoms with Crippen molar-refractivity contribution in [3.8, 4) is 0 Å². The van der Waals surface area contributed by atoms with Crippen LogP contribution in [0.1, 0.15) is 20.8 Å². The molecule has 138 valence electrons. The van der Waals surface area contributed by atoms with Crippen LogP contribution in [0, 0.1) is 0 Å². The number of amides is 3. The molecule has 0 aliphatic carbocycles. The van der Waals surface area contributed by atoms with Gasteiger partial charge < -0.3 is 19.5 Å². The molecule has 4 atom stereocenters. The molecule has 3 amide bonds. The molecule has 2 heterocycles. The van der Waals surface area contributed by atoms with Gasteiger partial charge in [0.1, 0.15) is 6.23 Å². The predicted octanol–water partition coefficient (Wildman–Crippen LogP) is -0.173. The maximum atomic E-state index is 11.6. The molecule has 2 aliphatic heterocycles. The molecule has 2 aliphatic rings. The number of rotatable bonds is 9. The van der Waals surface area contributed by atoms with Crippen molar-refractivity contribution in [2.45, 2.75) is 45.2 Å². The number of aliphatic hydroxyl groups excluding tert-OH is 1. The predicted molar refractivity (Wildman–Crippen MR) is 88.1 cm³/mol. The normalized spacial score (nSPS) is 23.7. The molecule has 0 aromatic heterocycles. The molecule has 2 rings (SSSR count). The molecule has 4 unspecified atom stereocenters. The van der Waals surface area contributed by atoms with Gasteiger partial charge in [-0.05, 0) is 26.8 Å². The summed E-state index contributed by atoms with van der Waals surface area (Å²) in [5.41, 5.74) is 0. The highest BCUT2D eigenvalue weighted by atomic mass is 16.5. The van der Waals surface area contributed by atoms with Crippen LogP contribution >= 0.6 is 0 Å². The van der Waals surface area contributed by atoms with Gasteiger partial charge in [-0.15, -0.1) is 0 Å². The SMILES string of the molecule is CC(COCC(C)N1C(=O)C=CC1=O)OCC(C)N1C(=O)C=CC1O. The smallest absolute Gasteiger partial charge is 0.253 e. The van der Waals surface area contributed by atoms with E-state index in [0.29, 0.717) is 0 Å². The van der Waals surface area contributed by atoms with Crippen molar-refractivity contribution >= 4 is 17.7 Å². The summed E-state index contributed by atoms with van der Waals surface area (Å²) in [6.07, 6.45) is 4.11. The number of nitrogens with zero attached hydrogens (tertiary/aromatic N) is 2. The van der Waals surface area contributed by atoms with Gasteiger partial charge in [0.15, 0.2) is 0 Å². The average Bonchev–Trinajstić information content (AvgIpc) is 3.06. The van der Waals surface area contributed by atoms with Gasteiger partial charge in [0.2, 0.25) is 5.91 Å². The van der Waals surface area contributed by atoms with E-state index in [2.05, 4.69) is 0 Å². The Bertz CT molecular complexity index is 570. The monoisotopic (exact) mass is 352 g/mol. The van der Waals surface area contributed by atoms with Crippen LogP contribution in [-0.2, 0) is 23.9 Å². The minimum Gasteiger partial charge on any atom is -0.377 e. The number of ether oxygens (including phenoxy) is 2. The number of aliphatic hydroxyl groups is 1. The lowest BCUT2D eigenvalue weighted by Gasteiger charge is -2.28. The second-order valence-electron chi connectivity index (χ2n) is 6.28. The molecule has 8 nitrogen and oxygen atoms in total. The Balaban J connectivity index is 1.65. The summed E-state index contributed by atoms with van der Waals surface area (Å²) >= 11 is 0. The van der Waals surface area contributed by atoms with Gasteiger partial charge in [0, 0.05) is 18.2 Å². The van der Waals surface area contributed by atoms with Gasteiger partial charge >= 0.3 is 0 Å². The molecular formula is C17H24N2O6. The largest absolute Gasteiger partial charge is 0.377 e. The first-order valence-electron chi connectivity index (χ1n) is 8.24. The van der Waals surface area contributed by atoms with Crippen molar-refractivity contribution in [3.63, 3.8) is 0 Å². The summed E-state index contributed by atoms with van der Waals surface area (Å²) in [5.74, 6) is -0.904. The number of imide groups is 1. The highest BCUT2D eigenvalue weighted by molar-refractivity contribution is 6.13. The first-order chi connectivity index (χ1) is 11.8. The van der Waals surface area contributed by atoms with Crippen molar-refractivity contribution in [2.24, 2.45) is 0 Å². The van der Waals surface area contributed by atoms with Gasteiger partial charge in [-0.1, -0.05) is 0 Å². The Kier molecular flexibility index (Phi) is 6.46. The van der Waals surface area contributed by atoms with Gasteiger partial charge in [0.25, 0.3) is 11.8 Å². The molecule has 8 heteroatoms. The summed E-state index contributed by atoms with van der Waals surface area (Å²) in [7, 11) is 0. The fourth-order valence-electron chi connectivity index (χ4n) is 2.71. The van der Waals surface area contributed by atoms with Crippen molar-refractivity contribution in [3.05, 3.63) is 24.3 Å². The maximum Gasteiger partial charge on any atom is 0.253 e. The Hall–Kier alpha value is -2.03. The summed E-state index contributed by atoms with van der Waals surface area (Å²) < 4.78 is 11.2. The van der Waals surface area contributed by atoms with E-state index in [9.17, 15) is 19.5 Å². The molecule has 0 saturated heterocycles. The Morgan fingerprint density at radius 2 is 1.60 bits per heavy atom. The molecule has 0 fully saturated rings. The molecule has 1 N–H and O–H groups in total. The van der Waals surface area contributed by atoms with E-state index in [1.54, 1.807) is 13.8 Å². The quantitative estimate of drug-likeness (QED) is 0.579. The van der Waals surface area contributed by atoms with E-state index >= 15 is 0 Å². The summed E-state index contributed by atoms with van der Waals surface area (Å²) in [4.78, 5) is 37.2.